The van der Waals surface area contributed by atoms with E-state index in [0.29, 0.717) is 11.6 Å². The fourth-order valence-electron chi connectivity index (χ4n) is 2.20. The van der Waals surface area contributed by atoms with Crippen LogP contribution in [0.15, 0.2) is 57.8 Å². The summed E-state index contributed by atoms with van der Waals surface area (Å²) in [6, 6.07) is 11.1. The van der Waals surface area contributed by atoms with Gasteiger partial charge in [0.05, 0.1) is 10.5 Å². The van der Waals surface area contributed by atoms with E-state index in [1.54, 1.807) is 31.3 Å². The highest BCUT2D eigenvalue weighted by Crippen LogP contribution is 2.36. The summed E-state index contributed by atoms with van der Waals surface area (Å²) in [6.07, 6.45) is 1.31. The van der Waals surface area contributed by atoms with E-state index in [9.17, 15) is 12.8 Å². The van der Waals surface area contributed by atoms with Crippen LogP contribution >= 0.6 is 23.7 Å². The normalized spacial score (nSPS) is 11.1. The van der Waals surface area contributed by atoms with E-state index in [-0.39, 0.29) is 32.8 Å². The smallest absolute Gasteiger partial charge is 0.222 e. The van der Waals surface area contributed by atoms with Gasteiger partial charge < -0.3 is 5.32 Å². The number of rotatable bonds is 5. The highest BCUT2D eigenvalue weighted by molar-refractivity contribution is 7.93. The lowest BCUT2D eigenvalue weighted by atomic mass is 10.2. The molecule has 25 heavy (non-hydrogen) atoms. The lowest BCUT2D eigenvalue weighted by molar-refractivity contribution is 0.586. The molecule has 0 fully saturated rings. The lowest BCUT2D eigenvalue weighted by Gasteiger charge is -2.05. The first kappa shape index (κ1) is 19.5. The minimum absolute atomic E-state index is 0. The number of benzene rings is 1. The third-order valence-corrected chi connectivity index (χ3v) is 6.61. The number of hydrogen-bond donors (Lipinski definition) is 1. The number of sulfone groups is 1. The molecule has 0 atom stereocenters. The van der Waals surface area contributed by atoms with Crippen molar-refractivity contribution >= 4 is 33.6 Å². The SMILES string of the molecule is CNCc1nc(-c2cccnc2F)c(S(=O)(=O)c2ccccc2)s1.Cl. The van der Waals surface area contributed by atoms with E-state index < -0.39 is 15.8 Å². The van der Waals surface area contributed by atoms with Crippen LogP contribution in [0.5, 0.6) is 0 Å². The molecule has 0 spiro atoms. The minimum Gasteiger partial charge on any atom is -0.314 e. The van der Waals surface area contributed by atoms with Crippen LogP contribution in [0.3, 0.4) is 0 Å². The van der Waals surface area contributed by atoms with Crippen molar-refractivity contribution in [3.05, 3.63) is 59.6 Å². The van der Waals surface area contributed by atoms with Gasteiger partial charge in [0.1, 0.15) is 10.7 Å². The summed E-state index contributed by atoms with van der Waals surface area (Å²) >= 11 is 1.03. The van der Waals surface area contributed by atoms with E-state index in [4.69, 9.17) is 0 Å². The van der Waals surface area contributed by atoms with Gasteiger partial charge in [0.15, 0.2) is 4.21 Å². The Labute approximate surface area is 155 Å². The molecule has 0 saturated heterocycles. The van der Waals surface area contributed by atoms with E-state index in [2.05, 4.69) is 15.3 Å². The fraction of sp³-hybridized carbons (Fsp3) is 0.125. The maximum atomic E-state index is 14.1. The highest BCUT2D eigenvalue weighted by atomic mass is 35.5. The predicted molar refractivity (Wildman–Crippen MR) is 97.2 cm³/mol. The molecule has 0 amide bonds. The molecule has 1 aromatic carbocycles. The van der Waals surface area contributed by atoms with E-state index in [1.165, 1.54) is 24.4 Å². The molecule has 0 radical (unpaired) electrons. The Kier molecular flexibility index (Phi) is 6.23. The molecule has 0 unspecified atom stereocenters. The summed E-state index contributed by atoms with van der Waals surface area (Å²) in [5.41, 5.74) is 0.172. The fourth-order valence-corrected chi connectivity index (χ4v) is 5.17. The number of hydrogen-bond acceptors (Lipinski definition) is 6. The Morgan fingerprint density at radius 3 is 2.52 bits per heavy atom. The van der Waals surface area contributed by atoms with Gasteiger partial charge >= 0.3 is 0 Å². The standard InChI is InChI=1S/C16H14FN3O2S2.ClH/c1-18-10-13-20-14(12-8-5-9-19-15(12)17)16(23-13)24(21,22)11-6-3-2-4-7-11;/h2-9,18H,10H2,1H3;1H. The molecule has 0 aliphatic heterocycles. The maximum absolute atomic E-state index is 14.1. The molecular formula is C16H15ClFN3O2S2. The summed E-state index contributed by atoms with van der Waals surface area (Å²) in [4.78, 5) is 8.06. The first-order valence-electron chi connectivity index (χ1n) is 7.09. The summed E-state index contributed by atoms with van der Waals surface area (Å²) < 4.78 is 40.0. The van der Waals surface area contributed by atoms with Crippen molar-refractivity contribution in [2.45, 2.75) is 15.6 Å². The molecule has 2 aromatic heterocycles. The van der Waals surface area contributed by atoms with Crippen LogP contribution in [0, 0.1) is 5.95 Å². The van der Waals surface area contributed by atoms with Gasteiger partial charge in [-0.05, 0) is 31.3 Å². The molecule has 3 rings (SSSR count). The number of pyridine rings is 1. The number of nitrogens with one attached hydrogen (secondary N) is 1. The quantitative estimate of drug-likeness (QED) is 0.666. The zero-order valence-electron chi connectivity index (χ0n) is 13.1. The molecule has 2 heterocycles. The summed E-state index contributed by atoms with van der Waals surface area (Å²) in [6.45, 7) is 0.393. The number of thiazole rings is 1. The van der Waals surface area contributed by atoms with Crippen molar-refractivity contribution < 1.29 is 12.8 Å². The first-order valence-corrected chi connectivity index (χ1v) is 9.39. The Morgan fingerprint density at radius 1 is 1.16 bits per heavy atom. The van der Waals surface area contributed by atoms with Crippen LogP contribution in [0.1, 0.15) is 5.01 Å². The average Bonchev–Trinajstić information content (AvgIpc) is 3.01. The van der Waals surface area contributed by atoms with Crippen LogP contribution in [0.25, 0.3) is 11.3 Å². The molecule has 132 valence electrons. The van der Waals surface area contributed by atoms with Gasteiger partial charge in [-0.2, -0.15) is 4.39 Å². The van der Waals surface area contributed by atoms with Crippen molar-refractivity contribution in [3.63, 3.8) is 0 Å². The topological polar surface area (TPSA) is 72.0 Å². The Balaban J connectivity index is 0.00000225. The first-order chi connectivity index (χ1) is 11.5. The predicted octanol–water partition coefficient (Wildman–Crippen LogP) is 3.32. The monoisotopic (exact) mass is 399 g/mol. The van der Waals surface area contributed by atoms with Crippen molar-refractivity contribution in [1.82, 2.24) is 15.3 Å². The van der Waals surface area contributed by atoms with Crippen molar-refractivity contribution in [2.24, 2.45) is 0 Å². The maximum Gasteiger partial charge on any atom is 0.222 e. The van der Waals surface area contributed by atoms with Crippen molar-refractivity contribution in [3.8, 4) is 11.3 Å². The molecular weight excluding hydrogens is 385 g/mol. The Morgan fingerprint density at radius 2 is 1.88 bits per heavy atom. The largest absolute Gasteiger partial charge is 0.314 e. The number of halogens is 2. The molecule has 5 nitrogen and oxygen atoms in total. The second kappa shape index (κ2) is 8.01. The zero-order valence-corrected chi connectivity index (χ0v) is 15.6. The summed E-state index contributed by atoms with van der Waals surface area (Å²) in [7, 11) is -2.06. The molecule has 0 aliphatic carbocycles. The Hall–Kier alpha value is -1.87. The van der Waals surface area contributed by atoms with Gasteiger partial charge in [-0.3, -0.25) is 0 Å². The second-order valence-electron chi connectivity index (χ2n) is 4.93. The molecule has 0 saturated carbocycles. The summed E-state index contributed by atoms with van der Waals surface area (Å²) in [5.74, 6) is -0.747. The van der Waals surface area contributed by atoms with Crippen molar-refractivity contribution in [1.29, 1.82) is 0 Å². The van der Waals surface area contributed by atoms with Gasteiger partial charge in [0.2, 0.25) is 15.8 Å². The van der Waals surface area contributed by atoms with Gasteiger partial charge in [0, 0.05) is 12.7 Å². The molecule has 0 bridgehead atoms. The zero-order chi connectivity index (χ0) is 17.2. The van der Waals surface area contributed by atoms with Gasteiger partial charge in [-0.25, -0.2) is 18.4 Å². The van der Waals surface area contributed by atoms with Crippen LogP contribution in [0.4, 0.5) is 4.39 Å². The molecule has 3 aromatic rings. The molecule has 9 heteroatoms. The van der Waals surface area contributed by atoms with E-state index >= 15 is 0 Å². The third-order valence-electron chi connectivity index (χ3n) is 3.28. The van der Waals surface area contributed by atoms with Crippen LogP contribution in [0.2, 0.25) is 0 Å². The van der Waals surface area contributed by atoms with E-state index in [1.807, 2.05) is 0 Å². The van der Waals surface area contributed by atoms with E-state index in [0.717, 1.165) is 11.3 Å². The highest BCUT2D eigenvalue weighted by Gasteiger charge is 2.28. The lowest BCUT2D eigenvalue weighted by Crippen LogP contribution is -2.04. The van der Waals surface area contributed by atoms with Gasteiger partial charge in [-0.1, -0.05) is 18.2 Å². The molecule has 0 aliphatic rings. The molecule has 1 N–H and O–H groups in total. The number of nitrogens with zero attached hydrogens (tertiary/aromatic N) is 2. The third kappa shape index (κ3) is 3.87. The second-order valence-corrected chi connectivity index (χ2v) is 8.16. The Bertz CT molecular complexity index is 963. The van der Waals surface area contributed by atoms with Crippen LogP contribution in [-0.2, 0) is 16.4 Å². The van der Waals surface area contributed by atoms with Crippen LogP contribution in [-0.4, -0.2) is 25.4 Å². The number of aromatic nitrogens is 2. The van der Waals surface area contributed by atoms with Gasteiger partial charge in [-0.15, -0.1) is 23.7 Å². The summed E-state index contributed by atoms with van der Waals surface area (Å²) in [5, 5.41) is 3.49. The van der Waals surface area contributed by atoms with Gasteiger partial charge in [0.25, 0.3) is 0 Å². The average molecular weight is 400 g/mol. The minimum atomic E-state index is -3.80. The van der Waals surface area contributed by atoms with Crippen LogP contribution < -0.4 is 5.32 Å². The van der Waals surface area contributed by atoms with Crippen molar-refractivity contribution in [2.75, 3.05) is 7.05 Å².